The van der Waals surface area contributed by atoms with E-state index in [4.69, 9.17) is 5.73 Å². The van der Waals surface area contributed by atoms with E-state index >= 15 is 0 Å². The zero-order chi connectivity index (χ0) is 22.0. The number of nitrogens with zero attached hydrogens (tertiary/aromatic N) is 3. The first-order chi connectivity index (χ1) is 15.0. The van der Waals surface area contributed by atoms with Gasteiger partial charge in [-0.3, -0.25) is 9.69 Å². The number of piperidine rings is 1. The summed E-state index contributed by atoms with van der Waals surface area (Å²) < 4.78 is 0. The average molecular weight is 422 g/mol. The molecule has 1 fully saturated rings. The lowest BCUT2D eigenvalue weighted by Crippen LogP contribution is -2.46. The summed E-state index contributed by atoms with van der Waals surface area (Å²) in [5.74, 6) is 0.427. The fourth-order valence-electron chi connectivity index (χ4n) is 5.46. The average Bonchev–Trinajstić information content (AvgIpc) is 2.75. The molecule has 1 saturated heterocycles. The van der Waals surface area contributed by atoms with Crippen LogP contribution in [0.25, 0.3) is 0 Å². The maximum absolute atomic E-state index is 12.9. The quantitative estimate of drug-likeness (QED) is 0.698. The zero-order valence-corrected chi connectivity index (χ0v) is 19.0. The van der Waals surface area contributed by atoms with E-state index in [1.165, 1.54) is 43.2 Å². The number of likely N-dealkylation sites (tertiary alicyclic amines) is 1. The number of carbonyl (C=O) groups is 1. The first-order valence-corrected chi connectivity index (χ1v) is 11.8. The van der Waals surface area contributed by atoms with E-state index < -0.39 is 5.92 Å². The number of nitrogen functional groups attached to an aromatic ring is 1. The summed E-state index contributed by atoms with van der Waals surface area (Å²) in [6, 6.07) is 9.51. The number of hydrogen-bond acceptors (Lipinski definition) is 5. The monoisotopic (exact) mass is 421 g/mol. The van der Waals surface area contributed by atoms with Gasteiger partial charge in [-0.25, -0.2) is 9.97 Å². The van der Waals surface area contributed by atoms with Crippen LogP contribution in [0.4, 0.5) is 11.5 Å². The molecular formula is C25H35N5O. The molecule has 2 aliphatic rings. The fraction of sp³-hybridized carbons (Fsp3) is 0.560. The number of benzene rings is 1. The SMILES string of the molecule is CCCCC(c1cccc2c1CC(c1nccc(N)n1)C(=O)N2)N1C(C)CCCC1C. The highest BCUT2D eigenvalue weighted by Crippen LogP contribution is 2.41. The van der Waals surface area contributed by atoms with Crippen LogP contribution in [-0.4, -0.2) is 32.9 Å². The zero-order valence-electron chi connectivity index (χ0n) is 19.0. The van der Waals surface area contributed by atoms with E-state index in [2.05, 4.69) is 53.1 Å². The van der Waals surface area contributed by atoms with Crippen LogP contribution in [0.2, 0.25) is 0 Å². The van der Waals surface area contributed by atoms with E-state index in [0.717, 1.165) is 12.1 Å². The summed E-state index contributed by atoms with van der Waals surface area (Å²) >= 11 is 0. The second-order valence-corrected chi connectivity index (χ2v) is 9.19. The van der Waals surface area contributed by atoms with Gasteiger partial charge in [0.25, 0.3) is 0 Å². The number of fused-ring (bicyclic) bond motifs is 1. The summed E-state index contributed by atoms with van der Waals surface area (Å²) in [7, 11) is 0. The third kappa shape index (κ3) is 4.45. The van der Waals surface area contributed by atoms with Gasteiger partial charge in [-0.1, -0.05) is 38.3 Å². The molecule has 3 N–H and O–H groups in total. The molecule has 1 amide bonds. The molecule has 6 nitrogen and oxygen atoms in total. The predicted molar refractivity (Wildman–Crippen MR) is 125 cm³/mol. The van der Waals surface area contributed by atoms with Gasteiger partial charge in [-0.15, -0.1) is 0 Å². The molecule has 4 unspecified atom stereocenters. The Hall–Kier alpha value is -2.47. The Morgan fingerprint density at radius 1 is 1.23 bits per heavy atom. The Morgan fingerprint density at radius 2 is 2.00 bits per heavy atom. The molecule has 3 heterocycles. The minimum absolute atomic E-state index is 0.0555. The van der Waals surface area contributed by atoms with Gasteiger partial charge in [0, 0.05) is 30.0 Å². The van der Waals surface area contributed by atoms with Crippen molar-refractivity contribution in [3.05, 3.63) is 47.4 Å². The fourth-order valence-corrected chi connectivity index (χ4v) is 5.46. The molecule has 4 atom stereocenters. The Morgan fingerprint density at radius 3 is 2.71 bits per heavy atom. The number of amides is 1. The van der Waals surface area contributed by atoms with Crippen molar-refractivity contribution >= 4 is 17.4 Å². The van der Waals surface area contributed by atoms with Crippen molar-refractivity contribution in [3.8, 4) is 0 Å². The van der Waals surface area contributed by atoms with Gasteiger partial charge in [0.05, 0.1) is 0 Å². The van der Waals surface area contributed by atoms with Crippen LogP contribution < -0.4 is 11.1 Å². The number of aromatic nitrogens is 2. The minimum atomic E-state index is -0.417. The molecule has 166 valence electrons. The van der Waals surface area contributed by atoms with Gasteiger partial charge in [0.1, 0.15) is 17.6 Å². The molecule has 1 aromatic heterocycles. The third-order valence-corrected chi connectivity index (χ3v) is 7.01. The highest BCUT2D eigenvalue weighted by atomic mass is 16.2. The van der Waals surface area contributed by atoms with Gasteiger partial charge in [0.2, 0.25) is 5.91 Å². The summed E-state index contributed by atoms with van der Waals surface area (Å²) in [6.45, 7) is 7.00. The first-order valence-electron chi connectivity index (χ1n) is 11.8. The molecule has 31 heavy (non-hydrogen) atoms. The predicted octanol–water partition coefficient (Wildman–Crippen LogP) is 4.83. The van der Waals surface area contributed by atoms with Crippen molar-refractivity contribution in [2.45, 2.75) is 89.8 Å². The Kier molecular flexibility index (Phi) is 6.56. The molecular weight excluding hydrogens is 386 g/mol. The molecule has 0 radical (unpaired) electrons. The summed E-state index contributed by atoms with van der Waals surface area (Å²) in [5.41, 5.74) is 9.38. The summed E-state index contributed by atoms with van der Waals surface area (Å²) in [6.07, 6.45) is 9.55. The second kappa shape index (κ2) is 9.35. The Bertz CT molecular complexity index is 920. The molecule has 6 heteroatoms. The lowest BCUT2D eigenvalue weighted by molar-refractivity contribution is -0.118. The van der Waals surface area contributed by atoms with E-state index in [1.54, 1.807) is 12.3 Å². The van der Waals surface area contributed by atoms with Crippen molar-refractivity contribution in [1.82, 2.24) is 14.9 Å². The summed E-state index contributed by atoms with van der Waals surface area (Å²) in [4.78, 5) is 24.3. The van der Waals surface area contributed by atoms with E-state index in [9.17, 15) is 4.79 Å². The number of nitrogens with one attached hydrogen (secondary N) is 1. The maximum Gasteiger partial charge on any atom is 0.235 e. The number of carbonyl (C=O) groups excluding carboxylic acids is 1. The molecule has 0 bridgehead atoms. The van der Waals surface area contributed by atoms with Crippen molar-refractivity contribution in [1.29, 1.82) is 0 Å². The maximum atomic E-state index is 12.9. The van der Waals surface area contributed by atoms with E-state index in [1.807, 2.05) is 6.07 Å². The number of anilines is 2. The Labute approximate surface area is 185 Å². The highest BCUT2D eigenvalue weighted by molar-refractivity contribution is 5.98. The molecule has 0 spiro atoms. The normalized spacial score (nSPS) is 25.0. The summed E-state index contributed by atoms with van der Waals surface area (Å²) in [5, 5.41) is 3.13. The van der Waals surface area contributed by atoms with E-state index in [0.29, 0.717) is 36.2 Å². The molecule has 0 saturated carbocycles. The van der Waals surface area contributed by atoms with Crippen LogP contribution in [0, 0.1) is 0 Å². The number of nitrogens with two attached hydrogens (primary N) is 1. The smallest absolute Gasteiger partial charge is 0.235 e. The molecule has 0 aliphatic carbocycles. The lowest BCUT2D eigenvalue weighted by atomic mass is 9.83. The van der Waals surface area contributed by atoms with Gasteiger partial charge >= 0.3 is 0 Å². The molecule has 2 aliphatic heterocycles. The highest BCUT2D eigenvalue weighted by Gasteiger charge is 2.36. The number of hydrogen-bond donors (Lipinski definition) is 2. The van der Waals surface area contributed by atoms with Gasteiger partial charge in [-0.2, -0.15) is 0 Å². The van der Waals surface area contributed by atoms with Crippen LogP contribution in [0.15, 0.2) is 30.5 Å². The Balaban J connectivity index is 1.73. The number of rotatable bonds is 6. The van der Waals surface area contributed by atoms with Crippen LogP contribution in [0.1, 0.15) is 88.2 Å². The standard InChI is InChI=1S/C25H35N5O/c1-4-5-12-22(30-16(2)8-6-9-17(30)3)18-10-7-11-21-19(18)15-20(25(31)28-21)24-27-14-13-23(26)29-24/h7,10-11,13-14,16-17,20,22H,4-6,8-9,12,15H2,1-3H3,(H,28,31)(H2,26,27,29). The van der Waals surface area contributed by atoms with Crippen molar-refractivity contribution < 1.29 is 4.79 Å². The largest absolute Gasteiger partial charge is 0.384 e. The third-order valence-electron chi connectivity index (χ3n) is 7.01. The number of unbranched alkanes of at least 4 members (excludes halogenated alkanes) is 1. The topological polar surface area (TPSA) is 84.1 Å². The van der Waals surface area contributed by atoms with Crippen LogP contribution in [0.5, 0.6) is 0 Å². The lowest BCUT2D eigenvalue weighted by Gasteiger charge is -2.45. The van der Waals surface area contributed by atoms with Crippen molar-refractivity contribution in [2.75, 3.05) is 11.1 Å². The van der Waals surface area contributed by atoms with Gasteiger partial charge in [-0.05, 0) is 62.8 Å². The van der Waals surface area contributed by atoms with Gasteiger partial charge in [0.15, 0.2) is 0 Å². The van der Waals surface area contributed by atoms with Crippen LogP contribution >= 0.6 is 0 Å². The second-order valence-electron chi connectivity index (χ2n) is 9.19. The molecule has 1 aromatic carbocycles. The first kappa shape index (κ1) is 21.8. The van der Waals surface area contributed by atoms with Crippen molar-refractivity contribution in [3.63, 3.8) is 0 Å². The molecule has 4 rings (SSSR count). The molecule has 2 aromatic rings. The van der Waals surface area contributed by atoms with Crippen LogP contribution in [0.3, 0.4) is 0 Å². The van der Waals surface area contributed by atoms with Crippen LogP contribution in [-0.2, 0) is 11.2 Å². The van der Waals surface area contributed by atoms with E-state index in [-0.39, 0.29) is 5.91 Å². The van der Waals surface area contributed by atoms with Crippen molar-refractivity contribution in [2.24, 2.45) is 0 Å². The van der Waals surface area contributed by atoms with Gasteiger partial charge < -0.3 is 11.1 Å². The minimum Gasteiger partial charge on any atom is -0.384 e.